The first-order valence-electron chi connectivity index (χ1n) is 9.19. The molecule has 30 heavy (non-hydrogen) atoms. The van der Waals surface area contributed by atoms with E-state index in [9.17, 15) is 19.2 Å². The summed E-state index contributed by atoms with van der Waals surface area (Å²) in [5.41, 5.74) is 0. The Labute approximate surface area is 180 Å². The van der Waals surface area contributed by atoms with Crippen LogP contribution in [0.25, 0.3) is 0 Å². The van der Waals surface area contributed by atoms with Crippen molar-refractivity contribution in [1.82, 2.24) is 0 Å². The quantitative estimate of drug-likeness (QED) is 0.300. The Kier molecular flexibility index (Phi) is 8.83. The summed E-state index contributed by atoms with van der Waals surface area (Å²) in [4.78, 5) is 46.6. The predicted octanol–water partition coefficient (Wildman–Crippen LogP) is 0.0992. The third-order valence-electron chi connectivity index (χ3n) is 3.94. The van der Waals surface area contributed by atoms with Crippen LogP contribution in [0.15, 0.2) is 30.3 Å². The molecule has 164 valence electrons. The van der Waals surface area contributed by atoms with Gasteiger partial charge < -0.3 is 0 Å². The van der Waals surface area contributed by atoms with Crippen molar-refractivity contribution in [3.05, 3.63) is 30.3 Å². The Morgan fingerprint density at radius 1 is 0.800 bits per heavy atom. The van der Waals surface area contributed by atoms with E-state index < -0.39 is 53.3 Å². The molecule has 0 bridgehead atoms. The Bertz CT molecular complexity index is 767. The molecule has 2 rings (SSSR count). The molecule has 0 radical (unpaired) electrons. The third kappa shape index (κ3) is 7.12. The van der Waals surface area contributed by atoms with Crippen molar-refractivity contribution in [3.8, 4) is 0 Å². The van der Waals surface area contributed by atoms with E-state index in [1.807, 2.05) is 30.3 Å². The second-order valence-electron chi connectivity index (χ2n) is 6.50. The Morgan fingerprint density at radius 3 is 1.87 bits per heavy atom. The van der Waals surface area contributed by atoms with Gasteiger partial charge in [0, 0.05) is 0 Å². The molecule has 1 heterocycles. The van der Waals surface area contributed by atoms with Crippen LogP contribution in [0.3, 0.4) is 0 Å². The van der Waals surface area contributed by atoms with Crippen molar-refractivity contribution < 1.29 is 42.9 Å². The predicted molar refractivity (Wildman–Crippen MR) is 104 cm³/mol. The molecule has 1 fully saturated rings. The van der Waals surface area contributed by atoms with E-state index in [0.29, 0.717) is 0 Å². The summed E-state index contributed by atoms with van der Waals surface area (Å²) in [5, 5.41) is -0.680. The van der Waals surface area contributed by atoms with Crippen LogP contribution in [0.1, 0.15) is 27.7 Å². The second-order valence-corrected chi connectivity index (χ2v) is 8.96. The molecule has 5 atom stereocenters. The van der Waals surface area contributed by atoms with Gasteiger partial charge in [-0.05, 0) is 0 Å². The van der Waals surface area contributed by atoms with Gasteiger partial charge in [0.1, 0.15) is 0 Å². The number of carbonyl (C=O) groups excluding carboxylic acids is 4. The summed E-state index contributed by atoms with van der Waals surface area (Å²) < 4.78 is 28.3. The van der Waals surface area contributed by atoms with E-state index in [1.165, 1.54) is 27.7 Å². The maximum absolute atomic E-state index is 11.8. The molecule has 9 nitrogen and oxygen atoms in total. The van der Waals surface area contributed by atoms with Crippen LogP contribution in [0.4, 0.5) is 0 Å². The van der Waals surface area contributed by atoms with Gasteiger partial charge in [0.05, 0.1) is 0 Å². The Hall–Kier alpha value is -2.42. The normalized spacial score (nSPS) is 25.7. The molecule has 0 amide bonds. The van der Waals surface area contributed by atoms with E-state index >= 15 is 0 Å². The van der Waals surface area contributed by atoms with Crippen LogP contribution in [0, 0.1) is 0 Å². The SMILES string of the molecule is CC(=O)OC[C@H]1O[C@@H]([Se]c2ccccc2)[C@H](OC(C)=O)[C@@H](OC(C)=O)[C@@H]1OC(C)=O. The summed E-state index contributed by atoms with van der Waals surface area (Å²) >= 11 is -0.366. The summed E-state index contributed by atoms with van der Waals surface area (Å²) in [6.45, 7) is 4.63. The van der Waals surface area contributed by atoms with E-state index in [1.54, 1.807) is 0 Å². The summed E-state index contributed by atoms with van der Waals surface area (Å²) in [6.07, 6.45) is -4.17. The molecule has 1 aliphatic rings. The van der Waals surface area contributed by atoms with Crippen LogP contribution < -0.4 is 4.46 Å². The zero-order valence-electron chi connectivity index (χ0n) is 17.1. The number of benzene rings is 1. The molecule has 1 aliphatic heterocycles. The molecule has 0 unspecified atom stereocenters. The minimum atomic E-state index is -1.13. The average molecular weight is 487 g/mol. The van der Waals surface area contributed by atoms with Crippen LogP contribution in [-0.2, 0) is 42.9 Å². The van der Waals surface area contributed by atoms with Crippen molar-refractivity contribution in [2.75, 3.05) is 6.61 Å². The Balaban J connectivity index is 2.42. The van der Waals surface area contributed by atoms with Gasteiger partial charge in [0.25, 0.3) is 0 Å². The van der Waals surface area contributed by atoms with Gasteiger partial charge in [-0.2, -0.15) is 0 Å². The van der Waals surface area contributed by atoms with Crippen molar-refractivity contribution in [1.29, 1.82) is 0 Å². The molecule has 0 aliphatic carbocycles. The number of hydrogen-bond donors (Lipinski definition) is 0. The summed E-state index contributed by atoms with van der Waals surface area (Å²) in [7, 11) is 0. The van der Waals surface area contributed by atoms with Crippen molar-refractivity contribution in [2.24, 2.45) is 0 Å². The number of hydrogen-bond acceptors (Lipinski definition) is 9. The van der Waals surface area contributed by atoms with Crippen molar-refractivity contribution in [2.45, 2.75) is 57.1 Å². The molecule has 1 aromatic carbocycles. The number of esters is 4. The zero-order chi connectivity index (χ0) is 22.3. The molecule has 0 N–H and O–H groups in total. The molecule has 1 aromatic rings. The second kappa shape index (κ2) is 11.1. The first kappa shape index (κ1) is 23.9. The molecule has 10 heteroatoms. The first-order chi connectivity index (χ1) is 14.2. The van der Waals surface area contributed by atoms with Gasteiger partial charge in [0.2, 0.25) is 0 Å². The first-order valence-corrected chi connectivity index (χ1v) is 11.0. The number of rotatable bonds is 7. The summed E-state index contributed by atoms with van der Waals surface area (Å²) in [5.74, 6) is -2.44. The third-order valence-corrected chi connectivity index (χ3v) is 6.37. The molecule has 0 saturated carbocycles. The van der Waals surface area contributed by atoms with Crippen molar-refractivity contribution >= 4 is 43.3 Å². The molecule has 0 aromatic heterocycles. The standard InChI is InChI=1S/C20H24O9Se/c1-11(21)25-10-16-17(26-12(2)22)18(27-13(3)23)19(28-14(4)24)20(29-16)30-15-8-6-5-7-9-15/h5-9,16-20H,10H2,1-4H3/t16-,17-,18+,19-,20+/m1/s1. The minimum absolute atomic E-state index is 0.223. The fourth-order valence-corrected chi connectivity index (χ4v) is 5.28. The number of carbonyl (C=O) groups is 4. The molecule has 1 saturated heterocycles. The van der Waals surface area contributed by atoms with Gasteiger partial charge in [-0.25, -0.2) is 0 Å². The molecule has 0 spiro atoms. The monoisotopic (exact) mass is 488 g/mol. The van der Waals surface area contributed by atoms with E-state index in [0.717, 1.165) is 4.46 Å². The van der Waals surface area contributed by atoms with E-state index in [4.69, 9.17) is 23.7 Å². The maximum atomic E-state index is 11.8. The van der Waals surface area contributed by atoms with E-state index in [2.05, 4.69) is 0 Å². The van der Waals surface area contributed by atoms with Crippen LogP contribution in [0.2, 0.25) is 0 Å². The van der Waals surface area contributed by atoms with Crippen LogP contribution in [-0.4, -0.2) is 74.9 Å². The summed E-state index contributed by atoms with van der Waals surface area (Å²) in [6, 6.07) is 9.39. The van der Waals surface area contributed by atoms with E-state index in [-0.39, 0.29) is 21.6 Å². The van der Waals surface area contributed by atoms with Gasteiger partial charge >= 0.3 is 180 Å². The average Bonchev–Trinajstić information content (AvgIpc) is 2.64. The van der Waals surface area contributed by atoms with Crippen LogP contribution >= 0.6 is 0 Å². The topological polar surface area (TPSA) is 114 Å². The fraction of sp³-hybridized carbons (Fsp3) is 0.500. The van der Waals surface area contributed by atoms with Crippen molar-refractivity contribution in [3.63, 3.8) is 0 Å². The van der Waals surface area contributed by atoms with Crippen LogP contribution in [0.5, 0.6) is 0 Å². The molecular weight excluding hydrogens is 463 g/mol. The van der Waals surface area contributed by atoms with Gasteiger partial charge in [-0.3, -0.25) is 0 Å². The number of ether oxygens (including phenoxy) is 5. The Morgan fingerprint density at radius 2 is 1.33 bits per heavy atom. The van der Waals surface area contributed by atoms with Gasteiger partial charge in [0.15, 0.2) is 0 Å². The molecular formula is C20H24O9Se. The van der Waals surface area contributed by atoms with Gasteiger partial charge in [-0.15, -0.1) is 0 Å². The zero-order valence-corrected chi connectivity index (χ0v) is 18.8. The fourth-order valence-electron chi connectivity index (χ4n) is 2.92. The van der Waals surface area contributed by atoms with Gasteiger partial charge in [-0.1, -0.05) is 0 Å².